The van der Waals surface area contributed by atoms with Crippen LogP contribution in [0.2, 0.25) is 0 Å². The molecule has 2 aromatic rings. The summed E-state index contributed by atoms with van der Waals surface area (Å²) in [6.45, 7) is 5.88. The van der Waals surface area contributed by atoms with Crippen LogP contribution in [0.25, 0.3) is 10.2 Å². The van der Waals surface area contributed by atoms with Crippen molar-refractivity contribution in [3.63, 3.8) is 0 Å². The predicted octanol–water partition coefficient (Wildman–Crippen LogP) is 2.87. The first-order valence-corrected chi connectivity index (χ1v) is 9.21. The van der Waals surface area contributed by atoms with Crippen molar-refractivity contribution in [3.05, 3.63) is 16.8 Å². The van der Waals surface area contributed by atoms with Crippen molar-refractivity contribution in [3.8, 4) is 0 Å². The number of amides is 1. The quantitative estimate of drug-likeness (QED) is 0.845. The Balaban J connectivity index is 1.93. The largest absolute Gasteiger partial charge is 0.350 e. The summed E-state index contributed by atoms with van der Waals surface area (Å²) in [6.07, 6.45) is 6.37. The lowest BCUT2D eigenvalue weighted by atomic mass is 9.97. The smallest absolute Gasteiger partial charge is 0.242 e. The lowest BCUT2D eigenvalue weighted by molar-refractivity contribution is -0.129. The number of nitrogens with zero attached hydrogens (tertiary/aromatic N) is 4. The third-order valence-electron chi connectivity index (χ3n) is 4.58. The molecule has 6 heteroatoms. The van der Waals surface area contributed by atoms with Crippen LogP contribution in [0, 0.1) is 0 Å². The molecule has 0 saturated carbocycles. The molecule has 0 bridgehead atoms. The maximum absolute atomic E-state index is 12.4. The fourth-order valence-electron chi connectivity index (χ4n) is 3.32. The summed E-state index contributed by atoms with van der Waals surface area (Å²) >= 11 is 1.79. The fourth-order valence-corrected chi connectivity index (χ4v) is 4.54. The molecule has 0 radical (unpaired) electrons. The number of rotatable bonds is 5. The molecule has 0 fully saturated rings. The maximum atomic E-state index is 12.4. The van der Waals surface area contributed by atoms with E-state index >= 15 is 0 Å². The van der Waals surface area contributed by atoms with E-state index in [2.05, 4.69) is 9.97 Å². The van der Waals surface area contributed by atoms with Crippen LogP contribution in [0.15, 0.2) is 6.33 Å². The molecule has 0 unspecified atom stereocenters. The molecule has 0 saturated heterocycles. The van der Waals surface area contributed by atoms with Gasteiger partial charge in [-0.2, -0.15) is 0 Å². The summed E-state index contributed by atoms with van der Waals surface area (Å²) in [5.41, 5.74) is 1.41. The first-order chi connectivity index (χ1) is 11.2. The Bertz CT molecular complexity index is 708. The van der Waals surface area contributed by atoms with Crippen molar-refractivity contribution in [2.75, 3.05) is 31.6 Å². The molecule has 2 heterocycles. The molecule has 0 spiro atoms. The summed E-state index contributed by atoms with van der Waals surface area (Å²) in [7, 11) is 1.95. The van der Waals surface area contributed by atoms with Crippen molar-refractivity contribution >= 4 is 33.3 Å². The van der Waals surface area contributed by atoms with E-state index in [4.69, 9.17) is 0 Å². The summed E-state index contributed by atoms with van der Waals surface area (Å²) in [4.78, 5) is 27.7. The minimum Gasteiger partial charge on any atom is -0.350 e. The molecule has 1 aliphatic carbocycles. The van der Waals surface area contributed by atoms with Crippen LogP contribution in [-0.2, 0) is 17.6 Å². The van der Waals surface area contributed by atoms with Crippen LogP contribution in [0.1, 0.15) is 37.1 Å². The zero-order chi connectivity index (χ0) is 16.4. The van der Waals surface area contributed by atoms with Crippen molar-refractivity contribution in [2.24, 2.45) is 0 Å². The highest BCUT2D eigenvalue weighted by molar-refractivity contribution is 7.19. The minimum absolute atomic E-state index is 0.147. The second kappa shape index (κ2) is 6.83. The third kappa shape index (κ3) is 3.04. The zero-order valence-electron chi connectivity index (χ0n) is 14.1. The number of aryl methyl sites for hydroxylation is 2. The van der Waals surface area contributed by atoms with E-state index in [0.29, 0.717) is 6.54 Å². The van der Waals surface area contributed by atoms with Crippen LogP contribution in [0.3, 0.4) is 0 Å². The first-order valence-electron chi connectivity index (χ1n) is 8.39. The van der Waals surface area contributed by atoms with Crippen LogP contribution in [0.4, 0.5) is 5.82 Å². The van der Waals surface area contributed by atoms with Gasteiger partial charge in [-0.3, -0.25) is 4.79 Å². The van der Waals surface area contributed by atoms with Gasteiger partial charge < -0.3 is 9.80 Å². The maximum Gasteiger partial charge on any atom is 0.242 e. The average molecular weight is 332 g/mol. The highest BCUT2D eigenvalue weighted by atomic mass is 32.1. The van der Waals surface area contributed by atoms with Gasteiger partial charge in [0, 0.05) is 25.0 Å². The van der Waals surface area contributed by atoms with Gasteiger partial charge >= 0.3 is 0 Å². The van der Waals surface area contributed by atoms with E-state index in [9.17, 15) is 4.79 Å². The Labute approximate surface area is 141 Å². The summed E-state index contributed by atoms with van der Waals surface area (Å²) in [6, 6.07) is 0. The number of thiophene rings is 1. The number of likely N-dealkylation sites (N-methyl/N-ethyl adjacent to an activating group) is 2. The van der Waals surface area contributed by atoms with Crippen molar-refractivity contribution in [2.45, 2.75) is 39.5 Å². The number of carbonyl (C=O) groups excluding carboxylic acids is 1. The van der Waals surface area contributed by atoms with E-state index in [1.807, 2.05) is 30.7 Å². The molecule has 0 atom stereocenters. The number of hydrogen-bond donors (Lipinski definition) is 0. The Morgan fingerprint density at radius 2 is 1.96 bits per heavy atom. The van der Waals surface area contributed by atoms with Gasteiger partial charge in [0.25, 0.3) is 0 Å². The van der Waals surface area contributed by atoms with E-state index in [1.165, 1.54) is 28.7 Å². The van der Waals surface area contributed by atoms with Crippen LogP contribution in [-0.4, -0.2) is 47.5 Å². The molecule has 0 aliphatic heterocycles. The summed E-state index contributed by atoms with van der Waals surface area (Å²) < 4.78 is 0. The first kappa shape index (κ1) is 16.2. The highest BCUT2D eigenvalue weighted by Gasteiger charge is 2.22. The third-order valence-corrected chi connectivity index (χ3v) is 5.78. The van der Waals surface area contributed by atoms with Gasteiger partial charge in [-0.25, -0.2) is 9.97 Å². The molecule has 0 aromatic carbocycles. The van der Waals surface area contributed by atoms with Crippen LogP contribution < -0.4 is 4.90 Å². The molecule has 3 rings (SSSR count). The van der Waals surface area contributed by atoms with Crippen LogP contribution >= 0.6 is 11.3 Å². The molecule has 124 valence electrons. The number of hydrogen-bond acceptors (Lipinski definition) is 5. The molecule has 1 aliphatic rings. The molecular weight excluding hydrogens is 308 g/mol. The Morgan fingerprint density at radius 1 is 1.22 bits per heavy atom. The van der Waals surface area contributed by atoms with Gasteiger partial charge in [-0.05, 0) is 45.1 Å². The molecule has 1 amide bonds. The summed E-state index contributed by atoms with van der Waals surface area (Å²) in [5, 5.41) is 1.17. The second-order valence-corrected chi connectivity index (χ2v) is 7.09. The number of anilines is 1. The Hall–Kier alpha value is -1.69. The molecule has 2 aromatic heterocycles. The zero-order valence-corrected chi connectivity index (χ0v) is 14.9. The second-order valence-electron chi connectivity index (χ2n) is 6.01. The Morgan fingerprint density at radius 3 is 2.70 bits per heavy atom. The number of fused-ring (bicyclic) bond motifs is 3. The van der Waals surface area contributed by atoms with Gasteiger partial charge in [0.1, 0.15) is 17.0 Å². The number of aromatic nitrogens is 2. The van der Waals surface area contributed by atoms with Gasteiger partial charge in [-0.15, -0.1) is 11.3 Å². The SMILES string of the molecule is CCN(CC)C(=O)CN(C)c1ncnc2sc3c(c12)CCCC3. The monoisotopic (exact) mass is 332 g/mol. The molecular formula is C17H24N4OS. The normalized spacial score (nSPS) is 13.9. The molecule has 5 nitrogen and oxygen atoms in total. The average Bonchev–Trinajstić information content (AvgIpc) is 2.94. The fraction of sp³-hybridized carbons (Fsp3) is 0.588. The minimum atomic E-state index is 0.147. The predicted molar refractivity (Wildman–Crippen MR) is 95.3 cm³/mol. The lowest BCUT2D eigenvalue weighted by Crippen LogP contribution is -2.39. The van der Waals surface area contributed by atoms with E-state index in [1.54, 1.807) is 17.7 Å². The summed E-state index contributed by atoms with van der Waals surface area (Å²) in [5.74, 6) is 1.04. The van der Waals surface area contributed by atoms with Gasteiger partial charge in [0.2, 0.25) is 5.91 Å². The van der Waals surface area contributed by atoms with Gasteiger partial charge in [-0.1, -0.05) is 0 Å². The number of carbonyl (C=O) groups is 1. The van der Waals surface area contributed by atoms with Gasteiger partial charge in [0.15, 0.2) is 0 Å². The van der Waals surface area contributed by atoms with Crippen molar-refractivity contribution in [1.29, 1.82) is 0 Å². The Kier molecular flexibility index (Phi) is 4.80. The molecule has 0 N–H and O–H groups in total. The van der Waals surface area contributed by atoms with E-state index < -0.39 is 0 Å². The van der Waals surface area contributed by atoms with Crippen molar-refractivity contribution in [1.82, 2.24) is 14.9 Å². The lowest BCUT2D eigenvalue weighted by Gasteiger charge is -2.24. The molecule has 23 heavy (non-hydrogen) atoms. The van der Waals surface area contributed by atoms with Crippen LogP contribution in [0.5, 0.6) is 0 Å². The van der Waals surface area contributed by atoms with E-state index in [-0.39, 0.29) is 5.91 Å². The van der Waals surface area contributed by atoms with Crippen molar-refractivity contribution < 1.29 is 4.79 Å². The topological polar surface area (TPSA) is 49.3 Å². The highest BCUT2D eigenvalue weighted by Crippen LogP contribution is 2.38. The van der Waals surface area contributed by atoms with Gasteiger partial charge in [0.05, 0.1) is 11.9 Å². The standard InChI is InChI=1S/C17H24N4OS/c1-4-21(5-2)14(22)10-20(3)16-15-12-8-6-7-9-13(12)23-17(15)19-11-18-16/h11H,4-10H2,1-3H3. The van der Waals surface area contributed by atoms with E-state index in [0.717, 1.165) is 36.6 Å².